The van der Waals surface area contributed by atoms with Crippen LogP contribution in [0, 0.1) is 0 Å². The molecule has 0 aliphatic rings. The predicted octanol–water partition coefficient (Wildman–Crippen LogP) is 1.93. The summed E-state index contributed by atoms with van der Waals surface area (Å²) >= 11 is 0. The SMILES string of the molecule is Cn1nc2ccccc2c1-c1oncc1C(=O)O. The number of carboxylic acid groups (broad SMARTS) is 1. The van der Waals surface area contributed by atoms with Crippen LogP contribution < -0.4 is 0 Å². The number of hydrogen-bond donors (Lipinski definition) is 1. The molecule has 90 valence electrons. The minimum Gasteiger partial charge on any atom is -0.477 e. The van der Waals surface area contributed by atoms with Crippen LogP contribution >= 0.6 is 0 Å². The average molecular weight is 243 g/mol. The molecule has 1 N–H and O–H groups in total. The normalized spacial score (nSPS) is 10.9. The summed E-state index contributed by atoms with van der Waals surface area (Å²) in [6, 6.07) is 7.46. The smallest absolute Gasteiger partial charge is 0.341 e. The van der Waals surface area contributed by atoms with Gasteiger partial charge in [0.05, 0.1) is 11.7 Å². The molecule has 0 saturated heterocycles. The molecule has 2 heterocycles. The lowest BCUT2D eigenvalue weighted by Crippen LogP contribution is -1.99. The molecule has 1 aromatic carbocycles. The van der Waals surface area contributed by atoms with E-state index >= 15 is 0 Å². The van der Waals surface area contributed by atoms with Crippen LogP contribution in [-0.4, -0.2) is 26.0 Å². The summed E-state index contributed by atoms with van der Waals surface area (Å²) in [4.78, 5) is 11.1. The monoisotopic (exact) mass is 243 g/mol. The maximum atomic E-state index is 11.1. The van der Waals surface area contributed by atoms with Gasteiger partial charge in [0.15, 0.2) is 5.76 Å². The van der Waals surface area contributed by atoms with Crippen molar-refractivity contribution in [3.05, 3.63) is 36.0 Å². The van der Waals surface area contributed by atoms with Gasteiger partial charge in [0.2, 0.25) is 0 Å². The Kier molecular flexibility index (Phi) is 2.16. The molecule has 2 aromatic heterocycles. The summed E-state index contributed by atoms with van der Waals surface area (Å²) in [5, 5.41) is 17.8. The Morgan fingerprint density at radius 1 is 1.39 bits per heavy atom. The van der Waals surface area contributed by atoms with E-state index < -0.39 is 5.97 Å². The van der Waals surface area contributed by atoms with Crippen LogP contribution in [0.15, 0.2) is 35.0 Å². The van der Waals surface area contributed by atoms with Crippen LogP contribution in [0.3, 0.4) is 0 Å². The zero-order valence-corrected chi connectivity index (χ0v) is 9.49. The van der Waals surface area contributed by atoms with E-state index in [1.807, 2.05) is 24.3 Å². The fraction of sp³-hybridized carbons (Fsp3) is 0.0833. The molecular weight excluding hydrogens is 234 g/mol. The van der Waals surface area contributed by atoms with Gasteiger partial charge in [0, 0.05) is 12.4 Å². The van der Waals surface area contributed by atoms with Crippen molar-refractivity contribution < 1.29 is 14.4 Å². The van der Waals surface area contributed by atoms with Gasteiger partial charge in [-0.2, -0.15) is 5.10 Å². The maximum absolute atomic E-state index is 11.1. The highest BCUT2D eigenvalue weighted by atomic mass is 16.5. The molecule has 0 aliphatic carbocycles. The average Bonchev–Trinajstić information content (AvgIpc) is 2.91. The van der Waals surface area contributed by atoms with Gasteiger partial charge in [-0.25, -0.2) is 4.79 Å². The summed E-state index contributed by atoms with van der Waals surface area (Å²) in [6.45, 7) is 0. The van der Waals surface area contributed by atoms with Gasteiger partial charge in [-0.15, -0.1) is 0 Å². The number of rotatable bonds is 2. The Hall–Kier alpha value is -2.63. The number of aromatic nitrogens is 3. The van der Waals surface area contributed by atoms with Crippen LogP contribution in [-0.2, 0) is 7.05 Å². The van der Waals surface area contributed by atoms with E-state index in [2.05, 4.69) is 10.3 Å². The van der Waals surface area contributed by atoms with Gasteiger partial charge in [-0.1, -0.05) is 23.4 Å². The molecule has 0 fully saturated rings. The predicted molar refractivity (Wildman–Crippen MR) is 63.2 cm³/mol. The number of carbonyl (C=O) groups is 1. The second kappa shape index (κ2) is 3.69. The molecule has 0 amide bonds. The van der Waals surface area contributed by atoms with Crippen LogP contribution in [0.1, 0.15) is 10.4 Å². The van der Waals surface area contributed by atoms with E-state index in [1.54, 1.807) is 11.7 Å². The van der Waals surface area contributed by atoms with Gasteiger partial charge in [-0.3, -0.25) is 4.68 Å². The first-order chi connectivity index (χ1) is 8.68. The fourth-order valence-corrected chi connectivity index (χ4v) is 1.98. The highest BCUT2D eigenvalue weighted by Gasteiger charge is 2.22. The van der Waals surface area contributed by atoms with Crippen molar-refractivity contribution in [3.63, 3.8) is 0 Å². The third-order valence-electron chi connectivity index (χ3n) is 2.76. The van der Waals surface area contributed by atoms with Crippen molar-refractivity contribution in [2.24, 2.45) is 7.05 Å². The second-order valence-electron chi connectivity index (χ2n) is 3.86. The largest absolute Gasteiger partial charge is 0.477 e. The van der Waals surface area contributed by atoms with E-state index in [4.69, 9.17) is 9.63 Å². The zero-order chi connectivity index (χ0) is 12.7. The molecule has 0 aliphatic heterocycles. The number of carboxylic acids is 1. The molecular formula is C12H9N3O3. The van der Waals surface area contributed by atoms with Crippen molar-refractivity contribution in [3.8, 4) is 11.5 Å². The lowest BCUT2D eigenvalue weighted by atomic mass is 10.1. The van der Waals surface area contributed by atoms with Crippen molar-refractivity contribution in [1.82, 2.24) is 14.9 Å². The standard InChI is InChI=1S/C12H9N3O3/c1-15-10(7-4-2-3-5-9(7)14-15)11-8(12(16)17)6-13-18-11/h2-6H,1H3,(H,16,17). The molecule has 18 heavy (non-hydrogen) atoms. The van der Waals surface area contributed by atoms with Crippen molar-refractivity contribution in [1.29, 1.82) is 0 Å². The summed E-state index contributed by atoms with van der Waals surface area (Å²) < 4.78 is 6.66. The first-order valence-corrected chi connectivity index (χ1v) is 5.28. The lowest BCUT2D eigenvalue weighted by Gasteiger charge is -1.99. The van der Waals surface area contributed by atoms with Crippen LogP contribution in [0.5, 0.6) is 0 Å². The molecule has 0 radical (unpaired) electrons. The van der Waals surface area contributed by atoms with E-state index in [-0.39, 0.29) is 11.3 Å². The van der Waals surface area contributed by atoms with E-state index in [0.29, 0.717) is 5.69 Å². The van der Waals surface area contributed by atoms with Gasteiger partial charge < -0.3 is 9.63 Å². The number of aryl methyl sites for hydroxylation is 1. The summed E-state index contributed by atoms with van der Waals surface area (Å²) in [5.41, 5.74) is 1.42. The Morgan fingerprint density at radius 2 is 2.17 bits per heavy atom. The van der Waals surface area contributed by atoms with Crippen LogP contribution in [0.25, 0.3) is 22.4 Å². The molecule has 6 nitrogen and oxygen atoms in total. The highest BCUT2D eigenvalue weighted by molar-refractivity contribution is 5.99. The van der Waals surface area contributed by atoms with E-state index in [9.17, 15) is 4.79 Å². The number of aromatic carboxylic acids is 1. The molecule has 0 spiro atoms. The van der Waals surface area contributed by atoms with Crippen molar-refractivity contribution in [2.45, 2.75) is 0 Å². The Morgan fingerprint density at radius 3 is 2.94 bits per heavy atom. The molecule has 0 unspecified atom stereocenters. The molecule has 3 aromatic rings. The molecule has 0 saturated carbocycles. The lowest BCUT2D eigenvalue weighted by molar-refractivity contribution is 0.0697. The third kappa shape index (κ3) is 1.39. The van der Waals surface area contributed by atoms with E-state index in [0.717, 1.165) is 10.9 Å². The Balaban J connectivity index is 2.34. The first kappa shape index (κ1) is 10.5. The van der Waals surface area contributed by atoms with Gasteiger partial charge in [0.25, 0.3) is 0 Å². The first-order valence-electron chi connectivity index (χ1n) is 5.28. The fourth-order valence-electron chi connectivity index (χ4n) is 1.98. The Bertz CT molecular complexity index is 742. The van der Waals surface area contributed by atoms with Crippen LogP contribution in [0.4, 0.5) is 0 Å². The number of nitrogens with zero attached hydrogens (tertiary/aromatic N) is 3. The molecule has 6 heteroatoms. The summed E-state index contributed by atoms with van der Waals surface area (Å²) in [5.74, 6) is -0.852. The van der Waals surface area contributed by atoms with Gasteiger partial charge in [0.1, 0.15) is 11.3 Å². The maximum Gasteiger partial charge on any atom is 0.341 e. The van der Waals surface area contributed by atoms with E-state index in [1.165, 1.54) is 6.20 Å². The van der Waals surface area contributed by atoms with Crippen molar-refractivity contribution in [2.75, 3.05) is 0 Å². The highest BCUT2D eigenvalue weighted by Crippen LogP contribution is 2.30. The third-order valence-corrected chi connectivity index (χ3v) is 2.76. The summed E-state index contributed by atoms with van der Waals surface area (Å²) in [7, 11) is 1.74. The minimum absolute atomic E-state index is 0.0313. The zero-order valence-electron chi connectivity index (χ0n) is 9.49. The van der Waals surface area contributed by atoms with Crippen molar-refractivity contribution >= 4 is 16.9 Å². The Labute approximate surface area is 101 Å². The van der Waals surface area contributed by atoms with Gasteiger partial charge >= 0.3 is 5.97 Å². The second-order valence-corrected chi connectivity index (χ2v) is 3.86. The molecule has 3 rings (SSSR count). The van der Waals surface area contributed by atoms with Gasteiger partial charge in [-0.05, 0) is 6.07 Å². The quantitative estimate of drug-likeness (QED) is 0.743. The number of benzene rings is 1. The molecule has 0 bridgehead atoms. The number of hydrogen-bond acceptors (Lipinski definition) is 4. The topological polar surface area (TPSA) is 81.2 Å². The summed E-state index contributed by atoms with van der Waals surface area (Å²) in [6.07, 6.45) is 1.19. The number of fused-ring (bicyclic) bond motifs is 1. The molecule has 0 atom stereocenters. The minimum atomic E-state index is -1.07. The van der Waals surface area contributed by atoms with Crippen LogP contribution in [0.2, 0.25) is 0 Å².